The number of hydrogen-bond acceptors (Lipinski definition) is 0. The quantitative estimate of drug-likeness (QED) is 0.153. The van der Waals surface area contributed by atoms with Gasteiger partial charge in [-0.3, -0.25) is 0 Å². The van der Waals surface area contributed by atoms with Gasteiger partial charge < -0.3 is 0 Å². The predicted octanol–water partition coefficient (Wildman–Crippen LogP) is 12.2. The van der Waals surface area contributed by atoms with Crippen molar-refractivity contribution >= 4 is 53.9 Å². The molecule has 0 radical (unpaired) electrons. The van der Waals surface area contributed by atoms with Crippen LogP contribution in [0.3, 0.4) is 0 Å². The molecular formula is C43H28. The van der Waals surface area contributed by atoms with Crippen LogP contribution < -0.4 is 0 Å². The van der Waals surface area contributed by atoms with Gasteiger partial charge in [-0.25, -0.2) is 0 Å². The molecule has 0 saturated carbocycles. The molecule has 9 aromatic carbocycles. The van der Waals surface area contributed by atoms with Gasteiger partial charge in [0.2, 0.25) is 0 Å². The van der Waals surface area contributed by atoms with Crippen molar-refractivity contribution in [3.63, 3.8) is 0 Å². The summed E-state index contributed by atoms with van der Waals surface area (Å²) in [7, 11) is 0. The zero-order valence-electron chi connectivity index (χ0n) is 23.9. The summed E-state index contributed by atoms with van der Waals surface area (Å²) in [6.45, 7) is 2.21. The van der Waals surface area contributed by atoms with Crippen molar-refractivity contribution in [1.82, 2.24) is 0 Å². The van der Waals surface area contributed by atoms with Crippen molar-refractivity contribution in [3.8, 4) is 33.4 Å². The van der Waals surface area contributed by atoms with Crippen LogP contribution in [0.2, 0.25) is 0 Å². The maximum absolute atomic E-state index is 2.39. The number of hydrogen-bond donors (Lipinski definition) is 0. The first-order chi connectivity index (χ1) is 21.3. The molecule has 0 unspecified atom stereocenters. The average Bonchev–Trinajstić information content (AvgIpc) is 3.06. The fourth-order valence-corrected chi connectivity index (χ4v) is 7.40. The highest BCUT2D eigenvalue weighted by molar-refractivity contribution is 6.29. The minimum absolute atomic E-state index is 1.24. The van der Waals surface area contributed by atoms with E-state index in [1.165, 1.54) is 92.8 Å². The van der Waals surface area contributed by atoms with E-state index in [2.05, 4.69) is 159 Å². The Morgan fingerprint density at radius 2 is 0.884 bits per heavy atom. The Morgan fingerprint density at radius 3 is 1.65 bits per heavy atom. The molecule has 0 N–H and O–H groups in total. The third-order valence-corrected chi connectivity index (χ3v) is 9.26. The summed E-state index contributed by atoms with van der Waals surface area (Å²) in [5.41, 5.74) is 8.92. The van der Waals surface area contributed by atoms with E-state index in [-0.39, 0.29) is 0 Å². The van der Waals surface area contributed by atoms with Gasteiger partial charge in [-0.2, -0.15) is 0 Å². The molecule has 0 bridgehead atoms. The molecule has 0 fully saturated rings. The van der Waals surface area contributed by atoms with Gasteiger partial charge in [-0.15, -0.1) is 0 Å². The van der Waals surface area contributed by atoms with Crippen LogP contribution in [0.15, 0.2) is 152 Å². The first-order valence-electron chi connectivity index (χ1n) is 15.0. The lowest BCUT2D eigenvalue weighted by molar-refractivity contribution is 1.51. The molecule has 0 aromatic heterocycles. The molecule has 0 nitrogen and oxygen atoms in total. The smallest absolute Gasteiger partial charge is 0.00200 e. The maximum Gasteiger partial charge on any atom is -0.00200 e. The second kappa shape index (κ2) is 9.28. The molecule has 0 heterocycles. The molecular weight excluding hydrogens is 516 g/mol. The topological polar surface area (TPSA) is 0 Å². The largest absolute Gasteiger partial charge is 0.0622 e. The van der Waals surface area contributed by atoms with Gasteiger partial charge in [0, 0.05) is 0 Å². The number of fused-ring (bicyclic) bond motifs is 2. The van der Waals surface area contributed by atoms with Gasteiger partial charge in [0.1, 0.15) is 0 Å². The van der Waals surface area contributed by atoms with E-state index in [9.17, 15) is 0 Å². The molecule has 200 valence electrons. The standard InChI is InChI=1S/C43H28/c1-27-18-23-38-39(26-27)43(33-15-6-5-14-32(33)28-10-3-2-4-11-28)35-17-8-7-16-34(35)42(38)37-25-22-31-20-19-29-12-9-13-30-21-24-36(37)41(31)40(29)30/h2-26H,1H3. The van der Waals surface area contributed by atoms with Gasteiger partial charge in [-0.05, 0) is 94.2 Å². The lowest BCUT2D eigenvalue weighted by Crippen LogP contribution is -1.94. The molecule has 0 aliphatic carbocycles. The van der Waals surface area contributed by atoms with Crippen molar-refractivity contribution in [3.05, 3.63) is 157 Å². The van der Waals surface area contributed by atoms with Gasteiger partial charge in [0.05, 0.1) is 0 Å². The molecule has 0 spiro atoms. The molecule has 0 atom stereocenters. The van der Waals surface area contributed by atoms with Crippen molar-refractivity contribution < 1.29 is 0 Å². The molecule has 43 heavy (non-hydrogen) atoms. The average molecular weight is 545 g/mol. The molecule has 0 saturated heterocycles. The zero-order valence-corrected chi connectivity index (χ0v) is 23.9. The van der Waals surface area contributed by atoms with Crippen molar-refractivity contribution in [1.29, 1.82) is 0 Å². The molecule has 9 rings (SSSR count). The van der Waals surface area contributed by atoms with E-state index >= 15 is 0 Å². The summed E-state index contributed by atoms with van der Waals surface area (Å²) in [6.07, 6.45) is 0. The fourth-order valence-electron chi connectivity index (χ4n) is 7.40. The van der Waals surface area contributed by atoms with E-state index in [1.54, 1.807) is 0 Å². The predicted molar refractivity (Wildman–Crippen MR) is 186 cm³/mol. The zero-order chi connectivity index (χ0) is 28.5. The van der Waals surface area contributed by atoms with Gasteiger partial charge in [-0.1, -0.05) is 157 Å². The summed E-state index contributed by atoms with van der Waals surface area (Å²) in [4.78, 5) is 0. The first kappa shape index (κ1) is 24.2. The summed E-state index contributed by atoms with van der Waals surface area (Å²) >= 11 is 0. The van der Waals surface area contributed by atoms with Crippen molar-refractivity contribution in [2.24, 2.45) is 0 Å². The Balaban J connectivity index is 1.45. The Kier molecular flexibility index (Phi) is 5.21. The number of benzene rings is 9. The van der Waals surface area contributed by atoms with Crippen LogP contribution in [0, 0.1) is 6.92 Å². The number of aryl methyl sites for hydroxylation is 1. The van der Waals surface area contributed by atoms with Gasteiger partial charge in [0.15, 0.2) is 0 Å². The minimum atomic E-state index is 1.24. The van der Waals surface area contributed by atoms with Crippen LogP contribution in [0.5, 0.6) is 0 Å². The lowest BCUT2D eigenvalue weighted by Gasteiger charge is -2.21. The van der Waals surface area contributed by atoms with Crippen LogP contribution in [-0.4, -0.2) is 0 Å². The van der Waals surface area contributed by atoms with Gasteiger partial charge in [0.25, 0.3) is 0 Å². The second-order valence-electron chi connectivity index (χ2n) is 11.7. The van der Waals surface area contributed by atoms with E-state index in [0.717, 1.165) is 0 Å². The van der Waals surface area contributed by atoms with E-state index < -0.39 is 0 Å². The fraction of sp³-hybridized carbons (Fsp3) is 0.0233. The first-order valence-corrected chi connectivity index (χ1v) is 15.0. The normalized spacial score (nSPS) is 11.8. The third-order valence-electron chi connectivity index (χ3n) is 9.26. The molecule has 0 aliphatic rings. The van der Waals surface area contributed by atoms with E-state index in [4.69, 9.17) is 0 Å². The summed E-state index contributed by atoms with van der Waals surface area (Å²) in [5.74, 6) is 0. The number of rotatable bonds is 3. The monoisotopic (exact) mass is 544 g/mol. The lowest BCUT2D eigenvalue weighted by atomic mass is 9.82. The molecule has 0 amide bonds. The van der Waals surface area contributed by atoms with Crippen molar-refractivity contribution in [2.75, 3.05) is 0 Å². The SMILES string of the molecule is Cc1ccc2c(-c3ccc4ccc5cccc6ccc3c4c56)c3ccccc3c(-c3ccccc3-c3ccccc3)c2c1. The summed E-state index contributed by atoms with van der Waals surface area (Å²) in [6, 6.07) is 56.1. The Morgan fingerprint density at radius 1 is 0.326 bits per heavy atom. The van der Waals surface area contributed by atoms with E-state index in [0.29, 0.717) is 0 Å². The summed E-state index contributed by atoms with van der Waals surface area (Å²) in [5, 5.41) is 13.1. The Labute approximate surface area is 250 Å². The van der Waals surface area contributed by atoms with Crippen LogP contribution in [0.25, 0.3) is 87.2 Å². The third kappa shape index (κ3) is 3.57. The highest BCUT2D eigenvalue weighted by Gasteiger charge is 2.21. The highest BCUT2D eigenvalue weighted by atomic mass is 14.2. The Hall–Kier alpha value is -5.46. The second-order valence-corrected chi connectivity index (χ2v) is 11.7. The van der Waals surface area contributed by atoms with Crippen molar-refractivity contribution in [2.45, 2.75) is 6.92 Å². The Bertz CT molecular complexity index is 2480. The van der Waals surface area contributed by atoms with Crippen LogP contribution >= 0.6 is 0 Å². The summed E-state index contributed by atoms with van der Waals surface area (Å²) < 4.78 is 0. The minimum Gasteiger partial charge on any atom is -0.0622 e. The maximum atomic E-state index is 2.39. The molecule has 9 aromatic rings. The van der Waals surface area contributed by atoms with Crippen LogP contribution in [-0.2, 0) is 0 Å². The highest BCUT2D eigenvalue weighted by Crippen LogP contribution is 2.48. The molecule has 0 heteroatoms. The van der Waals surface area contributed by atoms with Gasteiger partial charge >= 0.3 is 0 Å². The van der Waals surface area contributed by atoms with Crippen LogP contribution in [0.1, 0.15) is 5.56 Å². The van der Waals surface area contributed by atoms with E-state index in [1.807, 2.05) is 0 Å². The van der Waals surface area contributed by atoms with Crippen LogP contribution in [0.4, 0.5) is 0 Å². The molecule has 0 aliphatic heterocycles.